The monoisotopic (exact) mass is 254 g/mol. The van der Waals surface area contributed by atoms with Gasteiger partial charge in [-0.05, 0) is 31.3 Å². The zero-order chi connectivity index (χ0) is 12.3. The second kappa shape index (κ2) is 9.10. The van der Waals surface area contributed by atoms with Crippen LogP contribution in [0, 0.1) is 0 Å². The summed E-state index contributed by atoms with van der Waals surface area (Å²) in [7, 11) is 0. The number of nitrogens with one attached hydrogen (secondary N) is 2. The molecule has 0 fully saturated rings. The van der Waals surface area contributed by atoms with Crippen LogP contribution in [0.15, 0.2) is 12.4 Å². The summed E-state index contributed by atoms with van der Waals surface area (Å²) in [5.41, 5.74) is 0. The number of rotatable bonds is 9. The van der Waals surface area contributed by atoms with E-state index in [2.05, 4.69) is 33.8 Å². The zero-order valence-electron chi connectivity index (χ0n) is 10.7. The molecule has 0 aliphatic carbocycles. The summed E-state index contributed by atoms with van der Waals surface area (Å²) >= 11 is 1.89. The first-order valence-electron chi connectivity index (χ1n) is 6.15. The Morgan fingerprint density at radius 2 is 1.82 bits per heavy atom. The third-order valence-electron chi connectivity index (χ3n) is 2.27. The van der Waals surface area contributed by atoms with Crippen LogP contribution in [-0.2, 0) is 0 Å². The second-order valence-electron chi connectivity index (χ2n) is 3.84. The molecular formula is C12H22N4S. The van der Waals surface area contributed by atoms with Crippen LogP contribution in [0.5, 0.6) is 0 Å². The number of hydrogen-bond acceptors (Lipinski definition) is 5. The number of aromatic nitrogens is 2. The van der Waals surface area contributed by atoms with E-state index in [-0.39, 0.29) is 0 Å². The summed E-state index contributed by atoms with van der Waals surface area (Å²) in [6, 6.07) is 0. The van der Waals surface area contributed by atoms with Crippen molar-refractivity contribution >= 4 is 23.4 Å². The number of nitrogens with zero attached hydrogens (tertiary/aromatic N) is 2. The molecule has 0 saturated carbocycles. The van der Waals surface area contributed by atoms with Gasteiger partial charge >= 0.3 is 0 Å². The molecule has 1 aromatic rings. The van der Waals surface area contributed by atoms with Crippen molar-refractivity contribution in [2.24, 2.45) is 0 Å². The lowest BCUT2D eigenvalue weighted by Crippen LogP contribution is -2.07. The van der Waals surface area contributed by atoms with Gasteiger partial charge in [-0.15, -0.1) is 0 Å². The highest BCUT2D eigenvalue weighted by Gasteiger charge is 1.97. The molecule has 5 heteroatoms. The maximum atomic E-state index is 4.44. The molecule has 0 amide bonds. The molecule has 0 bridgehead atoms. The van der Waals surface area contributed by atoms with Crippen LogP contribution in [0.4, 0.5) is 11.6 Å². The van der Waals surface area contributed by atoms with Crippen LogP contribution in [0.1, 0.15) is 26.2 Å². The number of thioether (sulfide) groups is 1. The lowest BCUT2D eigenvalue weighted by atomic mass is 10.3. The SMILES string of the molecule is CCCNc1cncc(NCCCCSC)n1. The lowest BCUT2D eigenvalue weighted by Gasteiger charge is -2.07. The minimum absolute atomic E-state index is 0.848. The normalized spacial score (nSPS) is 10.2. The van der Waals surface area contributed by atoms with E-state index in [0.29, 0.717) is 0 Å². The molecule has 1 rings (SSSR count). The van der Waals surface area contributed by atoms with E-state index in [0.717, 1.165) is 31.1 Å². The predicted molar refractivity (Wildman–Crippen MR) is 76.9 cm³/mol. The van der Waals surface area contributed by atoms with Gasteiger partial charge in [-0.2, -0.15) is 11.8 Å². The van der Waals surface area contributed by atoms with Crippen molar-refractivity contribution in [2.75, 3.05) is 35.7 Å². The maximum absolute atomic E-state index is 4.44. The Balaban J connectivity index is 2.27. The molecule has 0 aliphatic rings. The van der Waals surface area contributed by atoms with Crippen LogP contribution < -0.4 is 10.6 Å². The van der Waals surface area contributed by atoms with Crippen LogP contribution >= 0.6 is 11.8 Å². The molecule has 0 saturated heterocycles. The Hall–Kier alpha value is -0.970. The number of unbranched alkanes of at least 4 members (excludes halogenated alkanes) is 1. The largest absolute Gasteiger partial charge is 0.369 e. The Morgan fingerprint density at radius 1 is 1.12 bits per heavy atom. The topological polar surface area (TPSA) is 49.8 Å². The fourth-order valence-corrected chi connectivity index (χ4v) is 1.87. The van der Waals surface area contributed by atoms with E-state index in [1.54, 1.807) is 12.4 Å². The highest BCUT2D eigenvalue weighted by Crippen LogP contribution is 2.07. The van der Waals surface area contributed by atoms with Gasteiger partial charge in [0.25, 0.3) is 0 Å². The van der Waals surface area contributed by atoms with E-state index in [4.69, 9.17) is 0 Å². The molecule has 1 heterocycles. The molecule has 0 aromatic carbocycles. The van der Waals surface area contributed by atoms with Crippen molar-refractivity contribution < 1.29 is 0 Å². The van der Waals surface area contributed by atoms with E-state index in [9.17, 15) is 0 Å². The molecular weight excluding hydrogens is 232 g/mol. The van der Waals surface area contributed by atoms with E-state index in [1.165, 1.54) is 18.6 Å². The summed E-state index contributed by atoms with van der Waals surface area (Å²) in [6.45, 7) is 4.03. The van der Waals surface area contributed by atoms with Gasteiger partial charge in [0.2, 0.25) is 0 Å². The average Bonchev–Trinajstić information content (AvgIpc) is 2.37. The fraction of sp³-hybridized carbons (Fsp3) is 0.667. The molecule has 1 aromatic heterocycles. The standard InChI is InChI=1S/C12H22N4S/c1-3-6-14-11-9-13-10-12(16-11)15-7-4-5-8-17-2/h9-10H,3-8H2,1-2H3,(H2,14,15,16). The van der Waals surface area contributed by atoms with Gasteiger partial charge in [0.1, 0.15) is 11.6 Å². The summed E-state index contributed by atoms with van der Waals surface area (Å²) in [5.74, 6) is 2.93. The third-order valence-corrected chi connectivity index (χ3v) is 2.97. The molecule has 4 nitrogen and oxygen atoms in total. The third kappa shape index (κ3) is 6.36. The minimum atomic E-state index is 0.848. The van der Waals surface area contributed by atoms with Gasteiger partial charge in [-0.25, -0.2) is 4.98 Å². The van der Waals surface area contributed by atoms with Crippen LogP contribution in [0.2, 0.25) is 0 Å². The van der Waals surface area contributed by atoms with Gasteiger partial charge in [0.05, 0.1) is 12.4 Å². The van der Waals surface area contributed by atoms with Crippen molar-refractivity contribution in [3.63, 3.8) is 0 Å². The molecule has 96 valence electrons. The van der Waals surface area contributed by atoms with Gasteiger partial charge < -0.3 is 10.6 Å². The van der Waals surface area contributed by atoms with Crippen molar-refractivity contribution in [2.45, 2.75) is 26.2 Å². The summed E-state index contributed by atoms with van der Waals surface area (Å²) < 4.78 is 0. The number of anilines is 2. The van der Waals surface area contributed by atoms with Crippen LogP contribution in [-0.4, -0.2) is 35.1 Å². The lowest BCUT2D eigenvalue weighted by molar-refractivity contribution is 0.838. The maximum Gasteiger partial charge on any atom is 0.146 e. The van der Waals surface area contributed by atoms with Crippen LogP contribution in [0.25, 0.3) is 0 Å². The Labute approximate surface area is 108 Å². The van der Waals surface area contributed by atoms with Crippen molar-refractivity contribution in [1.29, 1.82) is 0 Å². The Bertz CT molecular complexity index is 306. The van der Waals surface area contributed by atoms with E-state index < -0.39 is 0 Å². The van der Waals surface area contributed by atoms with Gasteiger partial charge in [-0.1, -0.05) is 6.92 Å². The minimum Gasteiger partial charge on any atom is -0.369 e. The van der Waals surface area contributed by atoms with Crippen molar-refractivity contribution in [1.82, 2.24) is 9.97 Å². The first-order chi connectivity index (χ1) is 8.36. The van der Waals surface area contributed by atoms with Crippen molar-refractivity contribution in [3.05, 3.63) is 12.4 Å². The van der Waals surface area contributed by atoms with Gasteiger partial charge in [0, 0.05) is 13.1 Å². The molecule has 0 spiro atoms. The quantitative estimate of drug-likeness (QED) is 0.664. The molecule has 0 aliphatic heterocycles. The summed E-state index contributed by atoms with van der Waals surface area (Å²) in [6.07, 6.45) is 9.18. The second-order valence-corrected chi connectivity index (χ2v) is 4.83. The first-order valence-corrected chi connectivity index (χ1v) is 7.55. The first kappa shape index (κ1) is 14.1. The summed E-state index contributed by atoms with van der Waals surface area (Å²) in [4.78, 5) is 8.60. The molecule has 2 N–H and O–H groups in total. The summed E-state index contributed by atoms with van der Waals surface area (Å²) in [5, 5.41) is 6.53. The van der Waals surface area contributed by atoms with Gasteiger partial charge in [0.15, 0.2) is 0 Å². The smallest absolute Gasteiger partial charge is 0.146 e. The Morgan fingerprint density at radius 3 is 2.47 bits per heavy atom. The average molecular weight is 254 g/mol. The molecule has 0 atom stereocenters. The fourth-order valence-electron chi connectivity index (χ4n) is 1.38. The Kier molecular flexibility index (Phi) is 7.54. The van der Waals surface area contributed by atoms with E-state index >= 15 is 0 Å². The van der Waals surface area contributed by atoms with Crippen molar-refractivity contribution in [3.8, 4) is 0 Å². The molecule has 0 unspecified atom stereocenters. The van der Waals surface area contributed by atoms with Gasteiger partial charge in [-0.3, -0.25) is 4.98 Å². The molecule has 17 heavy (non-hydrogen) atoms. The predicted octanol–water partition coefficient (Wildman–Crippen LogP) is 2.85. The number of hydrogen-bond donors (Lipinski definition) is 2. The molecule has 0 radical (unpaired) electrons. The van der Waals surface area contributed by atoms with E-state index in [1.807, 2.05) is 11.8 Å². The highest BCUT2D eigenvalue weighted by molar-refractivity contribution is 7.98. The zero-order valence-corrected chi connectivity index (χ0v) is 11.5. The van der Waals surface area contributed by atoms with Crippen LogP contribution in [0.3, 0.4) is 0 Å². The highest BCUT2D eigenvalue weighted by atomic mass is 32.2.